The summed E-state index contributed by atoms with van der Waals surface area (Å²) in [6.45, 7) is 2.05. The van der Waals surface area contributed by atoms with Gasteiger partial charge in [0.2, 0.25) is 0 Å². The average Bonchev–Trinajstić information content (AvgIpc) is 2.17. The molecule has 82 valence electrons. The maximum atomic E-state index is 11.4. The average molecular weight is 293 g/mol. The van der Waals surface area contributed by atoms with E-state index in [-0.39, 0.29) is 0 Å². The summed E-state index contributed by atoms with van der Waals surface area (Å²) >= 11 is 9.07. The predicted octanol–water partition coefficient (Wildman–Crippen LogP) is 2.67. The Balaban J connectivity index is 2.91. The maximum Gasteiger partial charge on any atom is 0.327 e. The highest BCUT2D eigenvalue weighted by atomic mass is 79.9. The van der Waals surface area contributed by atoms with E-state index >= 15 is 0 Å². The number of carbonyl (C=O) groups is 1. The van der Waals surface area contributed by atoms with Gasteiger partial charge in [0, 0.05) is 9.50 Å². The third kappa shape index (κ3) is 3.19. The number of carbonyl (C=O) groups excluding carboxylic acids is 1. The van der Waals surface area contributed by atoms with Crippen LogP contribution in [0.3, 0.4) is 0 Å². The number of hydrogen-bond acceptors (Lipinski definition) is 3. The van der Waals surface area contributed by atoms with Crippen molar-refractivity contribution in [2.45, 2.75) is 13.0 Å². The van der Waals surface area contributed by atoms with Crippen molar-refractivity contribution >= 4 is 33.5 Å². The second-order valence-electron chi connectivity index (χ2n) is 2.90. The van der Waals surface area contributed by atoms with E-state index in [0.717, 1.165) is 0 Å². The zero-order chi connectivity index (χ0) is 11.4. The molecule has 15 heavy (non-hydrogen) atoms. The molecule has 3 nitrogen and oxygen atoms in total. The molecule has 0 heterocycles. The van der Waals surface area contributed by atoms with Gasteiger partial charge in [-0.25, -0.2) is 4.79 Å². The Morgan fingerprint density at radius 1 is 1.67 bits per heavy atom. The smallest absolute Gasteiger partial charge is 0.327 e. The molecule has 0 fully saturated rings. The molecule has 1 atom stereocenters. The van der Waals surface area contributed by atoms with E-state index in [1.807, 2.05) is 0 Å². The van der Waals surface area contributed by atoms with Gasteiger partial charge in [-0.15, -0.1) is 0 Å². The molecule has 0 aliphatic carbocycles. The highest BCUT2D eigenvalue weighted by Gasteiger charge is 2.19. The first-order valence-electron chi connectivity index (χ1n) is 4.43. The van der Waals surface area contributed by atoms with Crippen LogP contribution in [0.4, 0.5) is 0 Å². The minimum atomic E-state index is -0.781. The van der Waals surface area contributed by atoms with Crippen LogP contribution in [0.1, 0.15) is 18.5 Å². The highest BCUT2D eigenvalue weighted by Crippen LogP contribution is 2.26. The second-order valence-corrected chi connectivity index (χ2v) is 4.19. The molecular formula is C10H11BrClNO2. The quantitative estimate of drug-likeness (QED) is 0.871. The Morgan fingerprint density at radius 3 is 2.87 bits per heavy atom. The van der Waals surface area contributed by atoms with Gasteiger partial charge in [0.05, 0.1) is 6.61 Å². The van der Waals surface area contributed by atoms with E-state index in [1.54, 1.807) is 25.1 Å². The third-order valence-corrected chi connectivity index (χ3v) is 2.76. The number of nitrogens with two attached hydrogens (primary N) is 1. The molecule has 0 bridgehead atoms. The minimum absolute atomic E-state index is 0.317. The summed E-state index contributed by atoms with van der Waals surface area (Å²) in [6, 6.07) is 4.29. The van der Waals surface area contributed by atoms with Crippen LogP contribution < -0.4 is 5.73 Å². The van der Waals surface area contributed by atoms with Crippen LogP contribution in [0.2, 0.25) is 5.02 Å². The zero-order valence-electron chi connectivity index (χ0n) is 8.17. The first-order valence-corrected chi connectivity index (χ1v) is 5.60. The largest absolute Gasteiger partial charge is 0.465 e. The molecule has 0 radical (unpaired) electrons. The lowest BCUT2D eigenvalue weighted by Gasteiger charge is -2.12. The molecule has 1 rings (SSSR count). The van der Waals surface area contributed by atoms with Gasteiger partial charge in [-0.3, -0.25) is 0 Å². The van der Waals surface area contributed by atoms with Gasteiger partial charge in [-0.1, -0.05) is 33.6 Å². The van der Waals surface area contributed by atoms with Crippen molar-refractivity contribution in [1.82, 2.24) is 0 Å². The zero-order valence-corrected chi connectivity index (χ0v) is 10.5. The van der Waals surface area contributed by atoms with Crippen LogP contribution in [0.25, 0.3) is 0 Å². The van der Waals surface area contributed by atoms with Crippen LogP contribution in [-0.2, 0) is 9.53 Å². The van der Waals surface area contributed by atoms with Crippen molar-refractivity contribution in [2.75, 3.05) is 6.61 Å². The molecule has 5 heteroatoms. The number of ether oxygens (including phenoxy) is 1. The molecule has 0 saturated carbocycles. The van der Waals surface area contributed by atoms with E-state index < -0.39 is 12.0 Å². The summed E-state index contributed by atoms with van der Waals surface area (Å²) in [6.07, 6.45) is 0. The molecule has 0 aliphatic rings. The number of rotatable bonds is 3. The summed E-state index contributed by atoms with van der Waals surface area (Å²) in [4.78, 5) is 11.4. The molecule has 2 N–H and O–H groups in total. The van der Waals surface area contributed by atoms with Gasteiger partial charge in [-0.05, 0) is 24.6 Å². The summed E-state index contributed by atoms with van der Waals surface area (Å²) < 4.78 is 5.53. The van der Waals surface area contributed by atoms with Gasteiger partial charge in [-0.2, -0.15) is 0 Å². The topological polar surface area (TPSA) is 52.3 Å². The second kappa shape index (κ2) is 5.49. The number of hydrogen-bond donors (Lipinski definition) is 1. The predicted molar refractivity (Wildman–Crippen MR) is 62.7 cm³/mol. The highest BCUT2D eigenvalue weighted by molar-refractivity contribution is 9.10. The summed E-state index contributed by atoms with van der Waals surface area (Å²) in [5.74, 6) is -0.444. The first kappa shape index (κ1) is 12.5. The molecule has 0 aromatic heterocycles. The number of benzene rings is 1. The standard InChI is InChI=1S/C10H11BrClNO2/c1-2-15-10(14)9(13)7-4-3-6(12)5-8(7)11/h3-5,9H,2,13H2,1H3. The normalized spacial score (nSPS) is 12.3. The fraction of sp³-hybridized carbons (Fsp3) is 0.300. The Morgan fingerprint density at radius 2 is 2.33 bits per heavy atom. The first-order chi connectivity index (χ1) is 7.06. The Labute approximate surface area is 102 Å². The minimum Gasteiger partial charge on any atom is -0.465 e. The summed E-state index contributed by atoms with van der Waals surface area (Å²) in [5, 5.41) is 0.585. The Hall–Kier alpha value is -0.580. The lowest BCUT2D eigenvalue weighted by molar-refractivity contribution is -0.144. The van der Waals surface area contributed by atoms with E-state index in [4.69, 9.17) is 22.1 Å². The molecule has 1 unspecified atom stereocenters. The van der Waals surface area contributed by atoms with Crippen molar-refractivity contribution in [3.63, 3.8) is 0 Å². The van der Waals surface area contributed by atoms with E-state index in [2.05, 4.69) is 15.9 Å². The molecule has 0 aliphatic heterocycles. The van der Waals surface area contributed by atoms with Crippen LogP contribution in [0.5, 0.6) is 0 Å². The lowest BCUT2D eigenvalue weighted by atomic mass is 10.1. The number of halogens is 2. The van der Waals surface area contributed by atoms with E-state index in [9.17, 15) is 4.79 Å². The van der Waals surface area contributed by atoms with Crippen LogP contribution in [-0.4, -0.2) is 12.6 Å². The lowest BCUT2D eigenvalue weighted by Crippen LogP contribution is -2.24. The number of esters is 1. The fourth-order valence-corrected chi connectivity index (χ4v) is 2.04. The van der Waals surface area contributed by atoms with Gasteiger partial charge < -0.3 is 10.5 Å². The van der Waals surface area contributed by atoms with Gasteiger partial charge in [0.15, 0.2) is 0 Å². The van der Waals surface area contributed by atoms with Gasteiger partial charge >= 0.3 is 5.97 Å². The van der Waals surface area contributed by atoms with Crippen molar-refractivity contribution in [2.24, 2.45) is 5.73 Å². The Bertz CT molecular complexity index is 370. The van der Waals surface area contributed by atoms with Gasteiger partial charge in [0.1, 0.15) is 6.04 Å². The molecule has 1 aromatic carbocycles. The molecule has 0 amide bonds. The molecule has 1 aromatic rings. The van der Waals surface area contributed by atoms with Crippen molar-refractivity contribution in [1.29, 1.82) is 0 Å². The molecular weight excluding hydrogens is 281 g/mol. The van der Waals surface area contributed by atoms with Crippen LogP contribution >= 0.6 is 27.5 Å². The maximum absolute atomic E-state index is 11.4. The fourth-order valence-electron chi connectivity index (χ4n) is 1.11. The molecule has 0 spiro atoms. The van der Waals surface area contributed by atoms with Crippen molar-refractivity contribution in [3.8, 4) is 0 Å². The van der Waals surface area contributed by atoms with Gasteiger partial charge in [0.25, 0.3) is 0 Å². The summed E-state index contributed by atoms with van der Waals surface area (Å²) in [7, 11) is 0. The molecule has 0 saturated heterocycles. The van der Waals surface area contributed by atoms with E-state index in [0.29, 0.717) is 21.7 Å². The van der Waals surface area contributed by atoms with Crippen molar-refractivity contribution < 1.29 is 9.53 Å². The SMILES string of the molecule is CCOC(=O)C(N)c1ccc(Cl)cc1Br. The van der Waals surface area contributed by atoms with Crippen LogP contribution in [0.15, 0.2) is 22.7 Å². The van der Waals surface area contributed by atoms with Crippen LogP contribution in [0, 0.1) is 0 Å². The van der Waals surface area contributed by atoms with Crippen molar-refractivity contribution in [3.05, 3.63) is 33.3 Å². The van der Waals surface area contributed by atoms with E-state index in [1.165, 1.54) is 0 Å². The third-order valence-electron chi connectivity index (χ3n) is 1.84. The Kier molecular flexibility index (Phi) is 4.57. The summed E-state index contributed by atoms with van der Waals surface area (Å²) in [5.41, 5.74) is 6.39. The monoisotopic (exact) mass is 291 g/mol.